The van der Waals surface area contributed by atoms with Crippen molar-refractivity contribution in [1.82, 2.24) is 30.3 Å². The smallest absolute Gasteiger partial charge is 0.192 e. The van der Waals surface area contributed by atoms with Crippen LogP contribution in [0.1, 0.15) is 23.3 Å². The Morgan fingerprint density at radius 2 is 1.97 bits per heavy atom. The third-order valence-corrected chi connectivity index (χ3v) is 5.18. The Morgan fingerprint density at radius 3 is 2.58 bits per heavy atom. The molecule has 1 aliphatic heterocycles. The molecule has 1 aromatic heterocycles. The van der Waals surface area contributed by atoms with Crippen LogP contribution >= 0.6 is 24.0 Å². The third kappa shape index (κ3) is 7.25. The summed E-state index contributed by atoms with van der Waals surface area (Å²) in [4.78, 5) is 7.00. The molecule has 0 saturated carbocycles. The summed E-state index contributed by atoms with van der Waals surface area (Å²) in [5.74, 6) is 2.06. The van der Waals surface area contributed by atoms with Crippen molar-refractivity contribution in [1.29, 1.82) is 0 Å². The van der Waals surface area contributed by atoms with Gasteiger partial charge in [0.1, 0.15) is 18.2 Å². The van der Waals surface area contributed by atoms with Crippen LogP contribution in [0.4, 0.5) is 4.39 Å². The van der Waals surface area contributed by atoms with Gasteiger partial charge in [0, 0.05) is 33.2 Å². The predicted octanol–water partition coefficient (Wildman–Crippen LogP) is 2.18. The lowest BCUT2D eigenvalue weighted by Crippen LogP contribution is -2.46. The molecule has 2 heterocycles. The molecule has 3 rings (SSSR count). The van der Waals surface area contributed by atoms with E-state index in [-0.39, 0.29) is 35.8 Å². The number of nitrogens with one attached hydrogen (secondary N) is 2. The Morgan fingerprint density at radius 1 is 1.26 bits per heavy atom. The topological polar surface area (TPSA) is 79.6 Å². The molecule has 0 aliphatic carbocycles. The maximum Gasteiger partial charge on any atom is 0.192 e. The van der Waals surface area contributed by atoms with Crippen LogP contribution in [0.15, 0.2) is 41.9 Å². The molecule has 1 fully saturated rings. The van der Waals surface area contributed by atoms with E-state index in [9.17, 15) is 4.39 Å². The highest BCUT2D eigenvalue weighted by Gasteiger charge is 2.23. The summed E-state index contributed by atoms with van der Waals surface area (Å²) in [6.07, 6.45) is 1.78. The number of halogens is 2. The number of guanidine groups is 1. The molecule has 10 heteroatoms. The second kappa shape index (κ2) is 12.7. The highest BCUT2D eigenvalue weighted by Crippen LogP contribution is 2.21. The van der Waals surface area contributed by atoms with Gasteiger partial charge in [-0.3, -0.25) is 4.90 Å². The van der Waals surface area contributed by atoms with Crippen LogP contribution in [0.3, 0.4) is 0 Å². The van der Waals surface area contributed by atoms with Crippen molar-refractivity contribution in [3.8, 4) is 0 Å². The van der Waals surface area contributed by atoms with Crippen LogP contribution in [0.2, 0.25) is 0 Å². The zero-order valence-corrected chi connectivity index (χ0v) is 20.4. The number of nitrogens with zero attached hydrogens (tertiary/aromatic N) is 5. The Balaban J connectivity index is 0.00000341. The normalized spacial score (nSPS) is 15.8. The van der Waals surface area contributed by atoms with Gasteiger partial charge < -0.3 is 19.9 Å². The highest BCUT2D eigenvalue weighted by atomic mass is 127. The van der Waals surface area contributed by atoms with E-state index in [1.54, 1.807) is 6.08 Å². The van der Waals surface area contributed by atoms with Gasteiger partial charge in [-0.15, -0.1) is 40.8 Å². The first kappa shape index (κ1) is 25.2. The zero-order valence-electron chi connectivity index (χ0n) is 18.1. The molecule has 0 spiro atoms. The van der Waals surface area contributed by atoms with Crippen molar-refractivity contribution < 1.29 is 9.13 Å². The fourth-order valence-electron chi connectivity index (χ4n) is 3.31. The Labute approximate surface area is 200 Å². The molecule has 0 bridgehead atoms. The number of rotatable bonds is 8. The number of benzene rings is 1. The molecule has 0 amide bonds. The van der Waals surface area contributed by atoms with Crippen LogP contribution in [0.25, 0.3) is 0 Å². The average Bonchev–Trinajstić information content (AvgIpc) is 3.09. The van der Waals surface area contributed by atoms with E-state index >= 15 is 0 Å². The molecule has 31 heavy (non-hydrogen) atoms. The minimum Gasteiger partial charge on any atom is -0.379 e. The van der Waals surface area contributed by atoms with Crippen LogP contribution in [0.5, 0.6) is 0 Å². The highest BCUT2D eigenvalue weighted by molar-refractivity contribution is 14.0. The van der Waals surface area contributed by atoms with Crippen LogP contribution in [0, 0.1) is 12.7 Å². The molecule has 1 unspecified atom stereocenters. The number of ether oxygens (including phenoxy) is 1. The van der Waals surface area contributed by atoms with Gasteiger partial charge in [0.15, 0.2) is 11.8 Å². The summed E-state index contributed by atoms with van der Waals surface area (Å²) < 4.78 is 20.9. The fourth-order valence-corrected chi connectivity index (χ4v) is 3.31. The van der Waals surface area contributed by atoms with E-state index < -0.39 is 0 Å². The maximum absolute atomic E-state index is 13.4. The van der Waals surface area contributed by atoms with Crippen LogP contribution < -0.4 is 10.6 Å². The molecule has 8 nitrogen and oxygen atoms in total. The van der Waals surface area contributed by atoms with Gasteiger partial charge in [-0.1, -0.05) is 18.2 Å². The summed E-state index contributed by atoms with van der Waals surface area (Å²) in [6, 6.07) is 6.76. The van der Waals surface area contributed by atoms with Gasteiger partial charge >= 0.3 is 0 Å². The SMILES string of the molecule is C=CCNC(=NCc1nnc(C)n1C)NCC(c1ccc(F)cc1)N1CCOCC1.I. The number of hydrogen-bond donors (Lipinski definition) is 2. The monoisotopic (exact) mass is 543 g/mol. The van der Waals surface area contributed by atoms with Gasteiger partial charge in [-0.25, -0.2) is 9.38 Å². The van der Waals surface area contributed by atoms with Crippen molar-refractivity contribution in [3.63, 3.8) is 0 Å². The second-order valence-electron chi connectivity index (χ2n) is 7.15. The summed E-state index contributed by atoms with van der Waals surface area (Å²) >= 11 is 0. The predicted molar refractivity (Wildman–Crippen MR) is 130 cm³/mol. The summed E-state index contributed by atoms with van der Waals surface area (Å²) in [5.41, 5.74) is 1.05. The van der Waals surface area contributed by atoms with Gasteiger partial charge in [0.2, 0.25) is 0 Å². The largest absolute Gasteiger partial charge is 0.379 e. The molecule has 0 radical (unpaired) electrons. The van der Waals surface area contributed by atoms with Crippen molar-refractivity contribution in [2.24, 2.45) is 12.0 Å². The average molecular weight is 543 g/mol. The zero-order chi connectivity index (χ0) is 21.3. The van der Waals surface area contributed by atoms with E-state index in [4.69, 9.17) is 4.74 Å². The first-order valence-electron chi connectivity index (χ1n) is 10.1. The van der Waals surface area contributed by atoms with E-state index in [1.165, 1.54) is 12.1 Å². The lowest BCUT2D eigenvalue weighted by atomic mass is 10.0. The number of aromatic nitrogens is 3. The van der Waals surface area contributed by atoms with Gasteiger partial charge in [0.25, 0.3) is 0 Å². The van der Waals surface area contributed by atoms with E-state index in [0.717, 1.165) is 30.3 Å². The van der Waals surface area contributed by atoms with Crippen molar-refractivity contribution in [3.05, 3.63) is 59.9 Å². The molecule has 1 aromatic carbocycles. The molecule has 2 aromatic rings. The molecule has 1 aliphatic rings. The van der Waals surface area contributed by atoms with Crippen molar-refractivity contribution in [2.45, 2.75) is 19.5 Å². The maximum atomic E-state index is 13.4. The molecular formula is C21H31FIN7O. The Hall–Kier alpha value is -2.05. The lowest BCUT2D eigenvalue weighted by molar-refractivity contribution is 0.0170. The standard InChI is InChI=1S/C21H30FN7O.HI/c1-4-9-23-21(25-15-20-27-26-16(2)28(20)3)24-14-19(29-10-12-30-13-11-29)17-5-7-18(22)8-6-17;/h4-8,19H,1,9-15H2,2-3H3,(H2,23,24,25);1H. The minimum absolute atomic E-state index is 0. The summed E-state index contributed by atoms with van der Waals surface area (Å²) in [7, 11) is 1.92. The van der Waals surface area contributed by atoms with Crippen LogP contribution in [-0.4, -0.2) is 65.0 Å². The van der Waals surface area contributed by atoms with Crippen LogP contribution in [-0.2, 0) is 18.3 Å². The van der Waals surface area contributed by atoms with Crippen molar-refractivity contribution in [2.75, 3.05) is 39.4 Å². The molecular weight excluding hydrogens is 512 g/mol. The summed E-state index contributed by atoms with van der Waals surface area (Å²) in [5, 5.41) is 14.9. The first-order chi connectivity index (χ1) is 14.6. The number of aliphatic imine (C=N–C) groups is 1. The fraction of sp³-hybridized carbons (Fsp3) is 0.476. The number of morpholine rings is 1. The lowest BCUT2D eigenvalue weighted by Gasteiger charge is -2.35. The van der Waals surface area contributed by atoms with Gasteiger partial charge in [-0.2, -0.15) is 0 Å². The Kier molecular flexibility index (Phi) is 10.3. The van der Waals surface area contributed by atoms with E-state index in [1.807, 2.05) is 30.7 Å². The Bertz CT molecular complexity index is 850. The number of aryl methyl sites for hydroxylation is 1. The van der Waals surface area contributed by atoms with Gasteiger partial charge in [-0.05, 0) is 24.6 Å². The number of hydrogen-bond acceptors (Lipinski definition) is 5. The first-order valence-corrected chi connectivity index (χ1v) is 10.1. The van der Waals surface area contributed by atoms with E-state index in [0.29, 0.717) is 38.8 Å². The third-order valence-electron chi connectivity index (χ3n) is 5.18. The molecule has 1 atom stereocenters. The molecule has 1 saturated heterocycles. The minimum atomic E-state index is -0.235. The van der Waals surface area contributed by atoms with Crippen molar-refractivity contribution >= 4 is 29.9 Å². The molecule has 2 N–H and O–H groups in total. The van der Waals surface area contributed by atoms with Gasteiger partial charge in [0.05, 0.1) is 19.3 Å². The molecule has 170 valence electrons. The second-order valence-corrected chi connectivity index (χ2v) is 7.15. The summed E-state index contributed by atoms with van der Waals surface area (Å²) in [6.45, 7) is 10.3. The van der Waals surface area contributed by atoms with E-state index in [2.05, 4.69) is 37.3 Å². The quantitative estimate of drug-likeness (QED) is 0.230.